The van der Waals surface area contributed by atoms with Crippen LogP contribution in [-0.2, 0) is 14.8 Å². The average molecular weight is 430 g/mol. The summed E-state index contributed by atoms with van der Waals surface area (Å²) in [5.41, 5.74) is 0. The van der Waals surface area contributed by atoms with E-state index in [9.17, 15) is 22.0 Å². The fourth-order valence-corrected chi connectivity index (χ4v) is 5.55. The Morgan fingerprint density at radius 3 is 2.31 bits per heavy atom. The number of benzene rings is 1. The van der Waals surface area contributed by atoms with E-state index in [0.717, 1.165) is 42.1 Å². The maximum atomic E-state index is 13.9. The van der Waals surface area contributed by atoms with E-state index in [1.807, 2.05) is 11.8 Å². The molecule has 29 heavy (non-hydrogen) atoms. The summed E-state index contributed by atoms with van der Waals surface area (Å²) in [5, 5.41) is 3.13. The number of rotatable bonds is 5. The van der Waals surface area contributed by atoms with E-state index in [2.05, 4.69) is 5.32 Å². The van der Waals surface area contributed by atoms with Gasteiger partial charge in [-0.05, 0) is 38.0 Å². The van der Waals surface area contributed by atoms with Crippen LogP contribution in [0.5, 0.6) is 0 Å². The third kappa shape index (κ3) is 5.32. The number of carbonyl (C=O) groups excluding carboxylic acids is 1. The molecule has 0 spiro atoms. The molecule has 1 saturated heterocycles. The van der Waals surface area contributed by atoms with Crippen LogP contribution in [0.4, 0.5) is 8.78 Å². The number of halogens is 2. The first-order valence-electron chi connectivity index (χ1n) is 10.3. The van der Waals surface area contributed by atoms with E-state index in [4.69, 9.17) is 0 Å². The number of nitrogens with one attached hydrogen (secondary N) is 1. The van der Waals surface area contributed by atoms with E-state index in [-0.39, 0.29) is 31.1 Å². The van der Waals surface area contributed by atoms with Crippen LogP contribution in [-0.4, -0.2) is 61.8 Å². The van der Waals surface area contributed by atoms with Crippen LogP contribution >= 0.6 is 0 Å². The molecule has 3 rings (SSSR count). The Balaban J connectivity index is 1.57. The Kier molecular flexibility index (Phi) is 7.23. The van der Waals surface area contributed by atoms with Gasteiger partial charge in [0.05, 0.1) is 6.04 Å². The van der Waals surface area contributed by atoms with Crippen molar-refractivity contribution in [3.05, 3.63) is 29.8 Å². The van der Waals surface area contributed by atoms with Gasteiger partial charge < -0.3 is 5.32 Å². The van der Waals surface area contributed by atoms with Gasteiger partial charge in [-0.15, -0.1) is 0 Å². The number of sulfonamides is 1. The van der Waals surface area contributed by atoms with Crippen molar-refractivity contribution in [2.75, 3.05) is 26.2 Å². The lowest BCUT2D eigenvalue weighted by Gasteiger charge is -2.37. The molecule has 6 nitrogen and oxygen atoms in total. The Labute approximate surface area is 171 Å². The minimum Gasteiger partial charge on any atom is -0.352 e. The molecule has 0 aromatic heterocycles. The summed E-state index contributed by atoms with van der Waals surface area (Å²) in [4.78, 5) is 13.9. The van der Waals surface area contributed by atoms with Crippen molar-refractivity contribution in [2.24, 2.45) is 0 Å². The summed E-state index contributed by atoms with van der Waals surface area (Å²) in [7, 11) is -4.12. The summed E-state index contributed by atoms with van der Waals surface area (Å²) in [6, 6.07) is 2.26. The number of hydrogen-bond donors (Lipinski definition) is 1. The topological polar surface area (TPSA) is 69.7 Å². The second-order valence-electron chi connectivity index (χ2n) is 7.89. The van der Waals surface area contributed by atoms with Crippen LogP contribution in [0, 0.1) is 11.6 Å². The number of piperazine rings is 1. The second-order valence-corrected chi connectivity index (χ2v) is 9.79. The van der Waals surface area contributed by atoms with Crippen LogP contribution in [0.15, 0.2) is 23.1 Å². The van der Waals surface area contributed by atoms with E-state index < -0.39 is 26.6 Å². The summed E-state index contributed by atoms with van der Waals surface area (Å²) in [6.07, 6.45) is 6.70. The van der Waals surface area contributed by atoms with Gasteiger partial charge in [0.2, 0.25) is 15.9 Å². The van der Waals surface area contributed by atoms with Crippen molar-refractivity contribution in [1.29, 1.82) is 0 Å². The fraction of sp³-hybridized carbons (Fsp3) is 0.650. The van der Waals surface area contributed by atoms with Gasteiger partial charge >= 0.3 is 0 Å². The van der Waals surface area contributed by atoms with Crippen LogP contribution in [0.2, 0.25) is 0 Å². The maximum Gasteiger partial charge on any atom is 0.246 e. The lowest BCUT2D eigenvalue weighted by atomic mass is 10.1. The first-order valence-corrected chi connectivity index (χ1v) is 11.7. The standard InChI is InChI=1S/C20H29F2N3O3S/c1-15(20(26)23-17-6-4-2-3-5-7-17)24-10-12-25(13-11-24)29(27,28)19-14-16(21)8-9-18(19)22/h8-9,14-15,17H,2-7,10-13H2,1H3,(H,23,26). The number of carbonyl (C=O) groups is 1. The molecule has 1 amide bonds. The predicted molar refractivity (Wildman–Crippen MR) is 106 cm³/mol. The minimum absolute atomic E-state index is 0.0376. The molecule has 1 atom stereocenters. The van der Waals surface area contributed by atoms with Gasteiger partial charge in [0.25, 0.3) is 0 Å². The van der Waals surface area contributed by atoms with E-state index >= 15 is 0 Å². The molecule has 1 unspecified atom stereocenters. The van der Waals surface area contributed by atoms with E-state index in [1.165, 1.54) is 12.8 Å². The van der Waals surface area contributed by atoms with Crippen LogP contribution in [0.25, 0.3) is 0 Å². The van der Waals surface area contributed by atoms with Gasteiger partial charge in [0, 0.05) is 32.2 Å². The van der Waals surface area contributed by atoms with E-state index in [0.29, 0.717) is 19.2 Å². The second kappa shape index (κ2) is 9.49. The zero-order chi connectivity index (χ0) is 21.0. The molecule has 0 radical (unpaired) electrons. The predicted octanol–water partition coefficient (Wildman–Crippen LogP) is 2.50. The first kappa shape index (κ1) is 22.1. The number of nitrogens with zero attached hydrogens (tertiary/aromatic N) is 2. The Morgan fingerprint density at radius 2 is 1.69 bits per heavy atom. The van der Waals surface area contributed by atoms with Crippen molar-refractivity contribution in [3.63, 3.8) is 0 Å². The highest BCUT2D eigenvalue weighted by Gasteiger charge is 2.33. The molecule has 1 aromatic rings. The molecule has 1 saturated carbocycles. The average Bonchev–Trinajstić information content (AvgIpc) is 2.98. The number of amides is 1. The molecule has 2 aliphatic rings. The maximum absolute atomic E-state index is 13.9. The van der Waals surface area contributed by atoms with Crippen molar-refractivity contribution in [1.82, 2.24) is 14.5 Å². The van der Waals surface area contributed by atoms with Gasteiger partial charge in [-0.1, -0.05) is 25.7 Å². The highest BCUT2D eigenvalue weighted by Crippen LogP contribution is 2.22. The van der Waals surface area contributed by atoms with Crippen LogP contribution < -0.4 is 5.32 Å². The third-order valence-corrected chi connectivity index (χ3v) is 7.83. The quantitative estimate of drug-likeness (QED) is 0.731. The zero-order valence-electron chi connectivity index (χ0n) is 16.7. The molecule has 162 valence electrons. The molecule has 1 aromatic carbocycles. The van der Waals surface area contributed by atoms with Crippen molar-refractivity contribution in [2.45, 2.75) is 62.4 Å². The fourth-order valence-electron chi connectivity index (χ4n) is 4.06. The monoisotopic (exact) mass is 429 g/mol. The zero-order valence-corrected chi connectivity index (χ0v) is 17.6. The first-order chi connectivity index (χ1) is 13.8. The Morgan fingerprint density at radius 1 is 1.07 bits per heavy atom. The van der Waals surface area contributed by atoms with Crippen LogP contribution in [0.3, 0.4) is 0 Å². The van der Waals surface area contributed by atoms with Gasteiger partial charge in [-0.2, -0.15) is 4.31 Å². The Bertz CT molecular complexity index is 818. The molecule has 1 aliphatic carbocycles. The molecule has 2 fully saturated rings. The van der Waals surface area contributed by atoms with Crippen LogP contribution in [0.1, 0.15) is 45.4 Å². The molecule has 9 heteroatoms. The summed E-state index contributed by atoms with van der Waals surface area (Å²) in [5.74, 6) is -1.80. The minimum atomic E-state index is -4.12. The molecule has 1 aliphatic heterocycles. The summed E-state index contributed by atoms with van der Waals surface area (Å²) < 4.78 is 53.9. The highest BCUT2D eigenvalue weighted by atomic mass is 32.2. The van der Waals surface area contributed by atoms with Gasteiger partial charge in [-0.25, -0.2) is 17.2 Å². The van der Waals surface area contributed by atoms with Crippen molar-refractivity contribution >= 4 is 15.9 Å². The normalized spacial score (nSPS) is 21.5. The molecule has 0 bridgehead atoms. The molecule has 1 heterocycles. The molecular weight excluding hydrogens is 400 g/mol. The third-order valence-electron chi connectivity index (χ3n) is 5.91. The number of hydrogen-bond acceptors (Lipinski definition) is 4. The largest absolute Gasteiger partial charge is 0.352 e. The summed E-state index contributed by atoms with van der Waals surface area (Å²) in [6.45, 7) is 2.78. The SMILES string of the molecule is CC(C(=O)NC1CCCCCC1)N1CCN(S(=O)(=O)c2cc(F)ccc2F)CC1. The van der Waals surface area contributed by atoms with Gasteiger partial charge in [0.1, 0.15) is 16.5 Å². The molecule has 1 N–H and O–H groups in total. The van der Waals surface area contributed by atoms with E-state index in [1.54, 1.807) is 0 Å². The lowest BCUT2D eigenvalue weighted by Crippen LogP contribution is -2.55. The van der Waals surface area contributed by atoms with Gasteiger partial charge in [0.15, 0.2) is 0 Å². The Hall–Kier alpha value is -1.58. The highest BCUT2D eigenvalue weighted by molar-refractivity contribution is 7.89. The lowest BCUT2D eigenvalue weighted by molar-refractivity contribution is -0.127. The molecular formula is C20H29F2N3O3S. The smallest absolute Gasteiger partial charge is 0.246 e. The van der Waals surface area contributed by atoms with Crippen molar-refractivity contribution in [3.8, 4) is 0 Å². The summed E-state index contributed by atoms with van der Waals surface area (Å²) >= 11 is 0. The van der Waals surface area contributed by atoms with Crippen molar-refractivity contribution < 1.29 is 22.0 Å². The van der Waals surface area contributed by atoms with Gasteiger partial charge in [-0.3, -0.25) is 9.69 Å².